The number of rotatable bonds is 4. The van der Waals surface area contributed by atoms with Crippen molar-refractivity contribution < 1.29 is 18.3 Å². The van der Waals surface area contributed by atoms with Crippen LogP contribution >= 0.6 is 12.2 Å². The van der Waals surface area contributed by atoms with Gasteiger partial charge in [-0.05, 0) is 60.7 Å². The summed E-state index contributed by atoms with van der Waals surface area (Å²) in [5.41, 5.74) is 0.818. The van der Waals surface area contributed by atoms with Crippen molar-refractivity contribution in [2.24, 2.45) is 5.92 Å². The predicted octanol–water partition coefficient (Wildman–Crippen LogP) is 4.48. The van der Waals surface area contributed by atoms with E-state index in [9.17, 15) is 8.78 Å². The first-order chi connectivity index (χ1) is 15.5. The molecule has 1 fully saturated rings. The average Bonchev–Trinajstić information content (AvgIpc) is 3.50. The Bertz CT molecular complexity index is 1230. The first-order valence-corrected chi connectivity index (χ1v) is 10.3. The maximum Gasteiger partial charge on any atom is 0.172 e. The SMILES string of the molecule is N#Cc1ccc(Oc2ccc(NC(=S)N[C@@H]3[C@@H]4COc5c(F)ccc(F)c5[C@@H]43)nc2)cc1. The normalized spacial score (nSPS) is 20.1. The molecule has 2 aromatic carbocycles. The highest BCUT2D eigenvalue weighted by molar-refractivity contribution is 7.80. The summed E-state index contributed by atoms with van der Waals surface area (Å²) in [5, 5.41) is 15.3. The van der Waals surface area contributed by atoms with Crippen LogP contribution in [0, 0.1) is 28.9 Å². The van der Waals surface area contributed by atoms with E-state index in [0.717, 1.165) is 12.1 Å². The largest absolute Gasteiger partial charge is 0.490 e. The zero-order valence-electron chi connectivity index (χ0n) is 16.5. The van der Waals surface area contributed by atoms with Crippen LogP contribution in [0.25, 0.3) is 0 Å². The molecule has 3 aromatic rings. The van der Waals surface area contributed by atoms with E-state index < -0.39 is 11.6 Å². The summed E-state index contributed by atoms with van der Waals surface area (Å²) in [5.74, 6) is 0.420. The number of aromatic nitrogens is 1. The Kier molecular flexibility index (Phi) is 5.07. The number of halogens is 2. The monoisotopic (exact) mass is 450 g/mol. The van der Waals surface area contributed by atoms with Crippen molar-refractivity contribution in [3.8, 4) is 23.3 Å². The lowest BCUT2D eigenvalue weighted by atomic mass is 10.0. The van der Waals surface area contributed by atoms with Gasteiger partial charge in [-0.2, -0.15) is 5.26 Å². The van der Waals surface area contributed by atoms with Crippen LogP contribution in [0.2, 0.25) is 0 Å². The highest BCUT2D eigenvalue weighted by Gasteiger charge is 2.57. The molecule has 160 valence electrons. The number of hydrogen-bond donors (Lipinski definition) is 2. The minimum absolute atomic E-state index is 0.00560. The fraction of sp³-hybridized carbons (Fsp3) is 0.174. The molecule has 2 N–H and O–H groups in total. The molecule has 3 atom stereocenters. The second-order valence-electron chi connectivity index (χ2n) is 7.51. The van der Waals surface area contributed by atoms with Crippen molar-refractivity contribution >= 4 is 23.1 Å². The van der Waals surface area contributed by atoms with Gasteiger partial charge in [0.05, 0.1) is 24.4 Å². The van der Waals surface area contributed by atoms with Crippen molar-refractivity contribution in [1.29, 1.82) is 5.26 Å². The van der Waals surface area contributed by atoms with Gasteiger partial charge in [-0.15, -0.1) is 0 Å². The van der Waals surface area contributed by atoms with Gasteiger partial charge in [-0.25, -0.2) is 13.8 Å². The summed E-state index contributed by atoms with van der Waals surface area (Å²) in [6.45, 7) is 0.304. The molecule has 5 rings (SSSR count). The zero-order chi connectivity index (χ0) is 22.2. The molecule has 2 heterocycles. The van der Waals surface area contributed by atoms with E-state index in [0.29, 0.717) is 34.6 Å². The lowest BCUT2D eigenvalue weighted by Gasteiger charge is -2.16. The molecule has 0 unspecified atom stereocenters. The molecule has 0 bridgehead atoms. The highest BCUT2D eigenvalue weighted by Crippen LogP contribution is 2.55. The van der Waals surface area contributed by atoms with Crippen molar-refractivity contribution in [1.82, 2.24) is 10.3 Å². The van der Waals surface area contributed by atoms with Gasteiger partial charge in [0.15, 0.2) is 16.7 Å². The molecule has 1 aromatic heterocycles. The standard InChI is InChI=1S/C23H16F2N4O2S/c24-16-6-7-17(25)22-20(16)19-15(11-30-22)21(19)29-23(32)28-18-8-5-14(10-27-18)31-13-3-1-12(9-26)2-4-13/h1-8,10,15,19,21H,11H2,(H2,27,28,29,32)/t15-,19-,21-/m1/s1. The molecule has 1 saturated carbocycles. The fourth-order valence-electron chi connectivity index (χ4n) is 3.91. The predicted molar refractivity (Wildman–Crippen MR) is 117 cm³/mol. The number of anilines is 1. The highest BCUT2D eigenvalue weighted by atomic mass is 32.1. The van der Waals surface area contributed by atoms with Gasteiger partial charge in [0, 0.05) is 23.4 Å². The minimum Gasteiger partial charge on any atom is -0.490 e. The first-order valence-electron chi connectivity index (χ1n) is 9.86. The molecule has 0 radical (unpaired) electrons. The number of benzene rings is 2. The Balaban J connectivity index is 1.19. The Morgan fingerprint density at radius 1 is 1.09 bits per heavy atom. The van der Waals surface area contributed by atoms with E-state index in [2.05, 4.69) is 21.7 Å². The van der Waals surface area contributed by atoms with Crippen molar-refractivity contribution in [2.75, 3.05) is 11.9 Å². The van der Waals surface area contributed by atoms with Crippen LogP contribution in [0.1, 0.15) is 17.0 Å². The third-order valence-corrected chi connectivity index (χ3v) is 5.73. The fourth-order valence-corrected chi connectivity index (χ4v) is 4.15. The van der Waals surface area contributed by atoms with Gasteiger partial charge in [0.1, 0.15) is 23.1 Å². The van der Waals surface area contributed by atoms with Crippen LogP contribution in [-0.2, 0) is 0 Å². The maximum absolute atomic E-state index is 14.3. The van der Waals surface area contributed by atoms with E-state index >= 15 is 0 Å². The Morgan fingerprint density at radius 2 is 1.84 bits per heavy atom. The summed E-state index contributed by atoms with van der Waals surface area (Å²) >= 11 is 5.36. The number of nitrogens with one attached hydrogen (secondary N) is 2. The molecule has 0 saturated heterocycles. The number of thiocarbonyl (C=S) groups is 1. The smallest absolute Gasteiger partial charge is 0.172 e. The lowest BCUT2D eigenvalue weighted by molar-refractivity contribution is 0.260. The van der Waals surface area contributed by atoms with Gasteiger partial charge in [-0.3, -0.25) is 0 Å². The Morgan fingerprint density at radius 3 is 2.56 bits per heavy atom. The molecule has 0 amide bonds. The molecular formula is C23H16F2N4O2S. The van der Waals surface area contributed by atoms with Crippen molar-refractivity contribution in [3.63, 3.8) is 0 Å². The lowest BCUT2D eigenvalue weighted by Crippen LogP contribution is -2.32. The third kappa shape index (κ3) is 3.81. The topological polar surface area (TPSA) is 79.2 Å². The summed E-state index contributed by atoms with van der Waals surface area (Å²) in [7, 11) is 0. The molecule has 32 heavy (non-hydrogen) atoms. The van der Waals surface area contributed by atoms with Crippen LogP contribution < -0.4 is 20.1 Å². The van der Waals surface area contributed by atoms with Crippen LogP contribution in [0.5, 0.6) is 17.2 Å². The summed E-state index contributed by atoms with van der Waals surface area (Å²) in [4.78, 5) is 4.28. The van der Waals surface area contributed by atoms with Gasteiger partial charge < -0.3 is 20.1 Å². The summed E-state index contributed by atoms with van der Waals surface area (Å²) < 4.78 is 39.3. The van der Waals surface area contributed by atoms with Gasteiger partial charge in [0.2, 0.25) is 0 Å². The number of hydrogen-bond acceptors (Lipinski definition) is 5. The molecule has 1 aliphatic carbocycles. The number of nitriles is 1. The summed E-state index contributed by atoms with van der Waals surface area (Å²) in [6, 6.07) is 14.3. The van der Waals surface area contributed by atoms with Gasteiger partial charge >= 0.3 is 0 Å². The average molecular weight is 450 g/mol. The molecule has 2 aliphatic rings. The van der Waals surface area contributed by atoms with E-state index in [1.54, 1.807) is 42.6 Å². The van der Waals surface area contributed by atoms with Crippen LogP contribution in [0.15, 0.2) is 54.7 Å². The third-order valence-electron chi connectivity index (χ3n) is 5.51. The van der Waals surface area contributed by atoms with Crippen LogP contribution in [-0.4, -0.2) is 22.7 Å². The number of ether oxygens (including phenoxy) is 2. The van der Waals surface area contributed by atoms with E-state index in [1.165, 1.54) is 0 Å². The Hall–Kier alpha value is -3.77. The number of pyridine rings is 1. The second kappa shape index (κ2) is 8.05. The van der Waals surface area contributed by atoms with Crippen LogP contribution in [0.3, 0.4) is 0 Å². The molecule has 6 nitrogen and oxygen atoms in total. The minimum atomic E-state index is -0.557. The molecule has 9 heteroatoms. The second-order valence-corrected chi connectivity index (χ2v) is 7.92. The number of fused-ring (bicyclic) bond motifs is 3. The van der Waals surface area contributed by atoms with E-state index in [1.807, 2.05) is 0 Å². The van der Waals surface area contributed by atoms with E-state index in [4.69, 9.17) is 27.0 Å². The quantitative estimate of drug-likeness (QED) is 0.567. The Labute approximate surface area is 187 Å². The van der Waals surface area contributed by atoms with E-state index in [-0.39, 0.29) is 29.2 Å². The van der Waals surface area contributed by atoms with Crippen molar-refractivity contribution in [3.05, 3.63) is 77.5 Å². The van der Waals surface area contributed by atoms with Gasteiger partial charge in [0.25, 0.3) is 0 Å². The van der Waals surface area contributed by atoms with Gasteiger partial charge in [-0.1, -0.05) is 0 Å². The molecule has 0 spiro atoms. The molecule has 1 aliphatic heterocycles. The summed E-state index contributed by atoms with van der Waals surface area (Å²) in [6.07, 6.45) is 1.54. The maximum atomic E-state index is 14.3. The van der Waals surface area contributed by atoms with Crippen LogP contribution in [0.4, 0.5) is 14.6 Å². The zero-order valence-corrected chi connectivity index (χ0v) is 17.3. The molecular weight excluding hydrogens is 434 g/mol. The number of nitrogens with zero attached hydrogens (tertiary/aromatic N) is 2. The van der Waals surface area contributed by atoms with Crippen molar-refractivity contribution in [2.45, 2.75) is 12.0 Å². The first kappa shape index (κ1) is 20.2.